The normalized spacial score (nSPS) is 11.8. The van der Waals surface area contributed by atoms with Crippen LogP contribution < -0.4 is 0 Å². The number of fused-ring (bicyclic) bond motifs is 7. The Morgan fingerprint density at radius 3 is 3.06 bits per heavy atom. The summed E-state index contributed by atoms with van der Waals surface area (Å²) in [6.45, 7) is 0. The number of rotatable bonds is 1. The summed E-state index contributed by atoms with van der Waals surface area (Å²) in [6, 6.07) is 7.11. The first-order valence-electron chi connectivity index (χ1n) is 5.47. The second-order valence-electron chi connectivity index (χ2n) is 4.23. The summed E-state index contributed by atoms with van der Waals surface area (Å²) >= 11 is 0. The van der Waals surface area contributed by atoms with Gasteiger partial charge >= 0.3 is 5.97 Å². The predicted octanol–water partition coefficient (Wildman–Crippen LogP) is 2.35. The van der Waals surface area contributed by atoms with E-state index in [1.165, 1.54) is 0 Å². The summed E-state index contributed by atoms with van der Waals surface area (Å²) in [5.41, 5.74) is 3.68. The molecule has 0 atom stereocenters. The van der Waals surface area contributed by atoms with Gasteiger partial charge in [-0.25, -0.2) is 4.79 Å². The van der Waals surface area contributed by atoms with Gasteiger partial charge in [-0.1, -0.05) is 12.1 Å². The van der Waals surface area contributed by atoms with Crippen LogP contribution in [-0.2, 0) is 0 Å². The number of benzene rings is 1. The Morgan fingerprint density at radius 2 is 2.22 bits per heavy atom. The molecule has 2 N–H and O–H groups in total. The number of aromatic amines is 1. The lowest BCUT2D eigenvalue weighted by Crippen LogP contribution is -1.95. The van der Waals surface area contributed by atoms with Crippen LogP contribution in [0.5, 0.6) is 0 Å². The zero-order valence-electron chi connectivity index (χ0n) is 9.14. The van der Waals surface area contributed by atoms with Gasteiger partial charge in [0.1, 0.15) is 0 Å². The van der Waals surface area contributed by atoms with E-state index in [-0.39, 0.29) is 0 Å². The molecular formula is C13H7N3O2. The van der Waals surface area contributed by atoms with E-state index in [1.807, 2.05) is 12.1 Å². The highest BCUT2D eigenvalue weighted by molar-refractivity contribution is 6.19. The number of aromatic carboxylic acids is 1. The van der Waals surface area contributed by atoms with E-state index in [9.17, 15) is 9.90 Å². The Balaban J connectivity index is 2.32. The number of hydrogen-bond acceptors (Lipinski definition) is 3. The molecule has 1 aromatic heterocycles. The van der Waals surface area contributed by atoms with Crippen LogP contribution in [0.15, 0.2) is 30.5 Å². The highest BCUT2D eigenvalue weighted by Gasteiger charge is 2.19. The Morgan fingerprint density at radius 1 is 1.33 bits per heavy atom. The molecular weight excluding hydrogens is 230 g/mol. The van der Waals surface area contributed by atoms with E-state index in [1.54, 1.807) is 18.3 Å². The van der Waals surface area contributed by atoms with Crippen molar-refractivity contribution in [3.05, 3.63) is 36.0 Å². The Bertz CT molecular complexity index is 865. The first kappa shape index (κ1) is 9.35. The van der Waals surface area contributed by atoms with Crippen molar-refractivity contribution in [3.63, 3.8) is 0 Å². The highest BCUT2D eigenvalue weighted by atomic mass is 16.4. The van der Waals surface area contributed by atoms with Crippen molar-refractivity contribution in [1.29, 1.82) is 0 Å². The van der Waals surface area contributed by atoms with Crippen molar-refractivity contribution in [2.75, 3.05) is 0 Å². The second kappa shape index (κ2) is 2.95. The fourth-order valence-electron chi connectivity index (χ4n) is 2.52. The van der Waals surface area contributed by atoms with Gasteiger partial charge in [-0.2, -0.15) is 10.2 Å². The standard InChI is InChI=1S/C13H7N3O2/c17-13(18)7-3-1-2-6-11(7)10-4-9-8(5-14-16-9)12(6)15-10/h1-5,15H,(H,17,18). The summed E-state index contributed by atoms with van der Waals surface area (Å²) in [5, 5.41) is 18.8. The van der Waals surface area contributed by atoms with Gasteiger partial charge in [0.2, 0.25) is 0 Å². The van der Waals surface area contributed by atoms with Crippen molar-refractivity contribution in [2.24, 2.45) is 0 Å². The van der Waals surface area contributed by atoms with Gasteiger partial charge in [-0.05, 0) is 12.1 Å². The lowest BCUT2D eigenvalue weighted by Gasteiger charge is -1.96. The van der Waals surface area contributed by atoms with Gasteiger partial charge in [-0.3, -0.25) is 0 Å². The predicted molar refractivity (Wildman–Crippen MR) is 66.2 cm³/mol. The SMILES string of the molecule is O=C(O)c1cccc2c3[nH]c(cc4nncc3-4)c12. The Hall–Kier alpha value is -2.69. The van der Waals surface area contributed by atoms with Crippen molar-refractivity contribution < 1.29 is 9.90 Å². The van der Waals surface area contributed by atoms with Crippen LogP contribution in [0.4, 0.5) is 0 Å². The first-order chi connectivity index (χ1) is 8.75. The number of carboxylic acid groups (broad SMARTS) is 1. The third kappa shape index (κ3) is 0.982. The lowest BCUT2D eigenvalue weighted by atomic mass is 10.1. The maximum absolute atomic E-state index is 11.3. The summed E-state index contributed by atoms with van der Waals surface area (Å²) in [4.78, 5) is 14.5. The molecule has 5 heteroatoms. The quantitative estimate of drug-likeness (QED) is 0.532. The summed E-state index contributed by atoms with van der Waals surface area (Å²) < 4.78 is 0. The molecule has 2 aromatic rings. The summed E-state index contributed by atoms with van der Waals surface area (Å²) in [7, 11) is 0. The van der Waals surface area contributed by atoms with Crippen LogP contribution in [-0.4, -0.2) is 26.3 Å². The maximum Gasteiger partial charge on any atom is 0.336 e. The molecule has 0 amide bonds. The fourth-order valence-corrected chi connectivity index (χ4v) is 2.52. The van der Waals surface area contributed by atoms with Crippen LogP contribution in [0.25, 0.3) is 33.1 Å². The van der Waals surface area contributed by atoms with E-state index in [2.05, 4.69) is 15.2 Å². The van der Waals surface area contributed by atoms with Gasteiger partial charge in [0, 0.05) is 21.9 Å². The second-order valence-corrected chi connectivity index (χ2v) is 4.23. The molecule has 2 aliphatic rings. The minimum atomic E-state index is -0.923. The minimum Gasteiger partial charge on any atom is -0.478 e. The van der Waals surface area contributed by atoms with Gasteiger partial charge < -0.3 is 10.1 Å². The molecule has 3 heterocycles. The molecule has 0 fully saturated rings. The van der Waals surface area contributed by atoms with E-state index < -0.39 is 5.97 Å². The summed E-state index contributed by atoms with van der Waals surface area (Å²) in [5.74, 6) is -0.923. The molecule has 5 nitrogen and oxygen atoms in total. The van der Waals surface area contributed by atoms with Gasteiger partial charge in [-0.15, -0.1) is 0 Å². The molecule has 86 valence electrons. The van der Waals surface area contributed by atoms with E-state index in [0.29, 0.717) is 5.56 Å². The highest BCUT2D eigenvalue weighted by Crippen LogP contribution is 2.36. The zero-order chi connectivity index (χ0) is 12.3. The number of hydrogen-bond donors (Lipinski definition) is 2. The Labute approximate surface area is 101 Å². The molecule has 0 unspecified atom stereocenters. The summed E-state index contributed by atoms with van der Waals surface area (Å²) in [6.07, 6.45) is 1.69. The van der Waals surface area contributed by atoms with Crippen molar-refractivity contribution >= 4 is 27.8 Å². The number of H-pyrrole nitrogens is 1. The first-order valence-corrected chi connectivity index (χ1v) is 5.47. The molecule has 0 aliphatic carbocycles. The van der Waals surface area contributed by atoms with Gasteiger partial charge in [0.25, 0.3) is 0 Å². The number of pyridine rings is 1. The smallest absolute Gasteiger partial charge is 0.336 e. The molecule has 0 spiro atoms. The molecule has 4 rings (SSSR count). The van der Waals surface area contributed by atoms with E-state index in [0.717, 1.165) is 33.1 Å². The molecule has 0 radical (unpaired) electrons. The minimum absolute atomic E-state index is 0.305. The largest absolute Gasteiger partial charge is 0.478 e. The topological polar surface area (TPSA) is 78.9 Å². The number of nitrogens with one attached hydrogen (secondary N) is 1. The number of carbonyl (C=O) groups is 1. The molecule has 0 saturated carbocycles. The average Bonchev–Trinajstić information content (AvgIpc) is 2.94. The van der Waals surface area contributed by atoms with Crippen LogP contribution in [0, 0.1) is 0 Å². The van der Waals surface area contributed by atoms with Gasteiger partial charge in [0.05, 0.1) is 23.0 Å². The molecule has 2 bridgehead atoms. The molecule has 1 aromatic carbocycles. The molecule has 0 saturated heterocycles. The number of nitrogens with zero attached hydrogens (tertiary/aromatic N) is 2. The van der Waals surface area contributed by atoms with E-state index in [4.69, 9.17) is 0 Å². The van der Waals surface area contributed by atoms with Crippen LogP contribution in [0.2, 0.25) is 0 Å². The molecule has 2 aliphatic heterocycles. The lowest BCUT2D eigenvalue weighted by molar-refractivity contribution is 0.0699. The van der Waals surface area contributed by atoms with Crippen LogP contribution in [0.1, 0.15) is 10.4 Å². The number of aromatic nitrogens is 3. The zero-order valence-corrected chi connectivity index (χ0v) is 9.14. The van der Waals surface area contributed by atoms with Crippen LogP contribution in [0.3, 0.4) is 0 Å². The third-order valence-electron chi connectivity index (χ3n) is 3.27. The number of carboxylic acids is 1. The monoisotopic (exact) mass is 237 g/mol. The third-order valence-corrected chi connectivity index (χ3v) is 3.27. The van der Waals surface area contributed by atoms with Gasteiger partial charge in [0.15, 0.2) is 0 Å². The van der Waals surface area contributed by atoms with Crippen molar-refractivity contribution in [2.45, 2.75) is 0 Å². The van der Waals surface area contributed by atoms with Crippen LogP contribution >= 0.6 is 0 Å². The van der Waals surface area contributed by atoms with E-state index >= 15 is 0 Å². The molecule has 18 heavy (non-hydrogen) atoms. The average molecular weight is 237 g/mol. The fraction of sp³-hybridized carbons (Fsp3) is 0. The van der Waals surface area contributed by atoms with Crippen molar-refractivity contribution in [1.82, 2.24) is 15.2 Å². The maximum atomic E-state index is 11.3. The van der Waals surface area contributed by atoms with Crippen molar-refractivity contribution in [3.8, 4) is 11.3 Å². The Kier molecular flexibility index (Phi) is 1.53.